The van der Waals surface area contributed by atoms with E-state index < -0.39 is 11.6 Å². The van der Waals surface area contributed by atoms with E-state index in [0.717, 1.165) is 44.5 Å². The van der Waals surface area contributed by atoms with Crippen molar-refractivity contribution in [3.05, 3.63) is 53.1 Å². The molecule has 0 bridgehead atoms. The van der Waals surface area contributed by atoms with E-state index in [1.54, 1.807) is 12.1 Å². The summed E-state index contributed by atoms with van der Waals surface area (Å²) in [4.78, 5) is 20.1. The van der Waals surface area contributed by atoms with E-state index >= 15 is 0 Å². The fourth-order valence-electron chi connectivity index (χ4n) is 4.87. The first-order valence-electron chi connectivity index (χ1n) is 13.4. The van der Waals surface area contributed by atoms with Crippen LogP contribution in [-0.4, -0.2) is 69.0 Å². The third-order valence-electron chi connectivity index (χ3n) is 6.89. The Bertz CT molecular complexity index is 1350. The first-order chi connectivity index (χ1) is 18.5. The van der Waals surface area contributed by atoms with Crippen LogP contribution in [0.1, 0.15) is 57.7 Å². The molecule has 0 saturated carbocycles. The van der Waals surface area contributed by atoms with Gasteiger partial charge in [0.2, 0.25) is 5.82 Å². The summed E-state index contributed by atoms with van der Waals surface area (Å²) in [6, 6.07) is 13.8. The number of hydrogen-bond acceptors (Lipinski definition) is 7. The van der Waals surface area contributed by atoms with Gasteiger partial charge in [0.25, 0.3) is 5.89 Å². The Morgan fingerprint density at radius 1 is 1.15 bits per heavy atom. The highest BCUT2D eigenvalue weighted by molar-refractivity contribution is 5.66. The van der Waals surface area contributed by atoms with Crippen molar-refractivity contribution < 1.29 is 19.2 Å². The number of hydrogen-bond donors (Lipinski definition) is 1. The molecule has 4 rings (SSSR count). The zero-order valence-electron chi connectivity index (χ0n) is 23.4. The lowest BCUT2D eigenvalue weighted by Crippen LogP contribution is -2.46. The lowest BCUT2D eigenvalue weighted by Gasteiger charge is -2.33. The van der Waals surface area contributed by atoms with Gasteiger partial charge in [-0.3, -0.25) is 0 Å². The van der Waals surface area contributed by atoms with E-state index in [9.17, 15) is 15.2 Å². The van der Waals surface area contributed by atoms with Crippen LogP contribution in [-0.2, 0) is 12.8 Å². The zero-order chi connectivity index (χ0) is 28.2. The Morgan fingerprint density at radius 3 is 2.54 bits per heavy atom. The minimum atomic E-state index is -0.870. The Labute approximate surface area is 230 Å². The largest absolute Gasteiger partial charge is 0.490 e. The lowest BCUT2D eigenvalue weighted by atomic mass is 10.00. The average molecular weight is 532 g/mol. The molecule has 1 aromatic heterocycles. The molecular formula is C30H37N5O4. The van der Waals surface area contributed by atoms with Gasteiger partial charge in [-0.1, -0.05) is 17.3 Å². The summed E-state index contributed by atoms with van der Waals surface area (Å²) in [5.41, 5.74) is 4.15. The standard InChI is InChI=1S/C30H37N5O4/c1-20(2)38-26-10-9-24(18-25(26)19-31)28-32-27(33-39-28)23-8-7-21-11-15-34(16-12-22(21)17-23)13-6-14-35(29(36)37)30(3,4)5/h7-10,17-18,20H,6,11-16H2,1-5H3,(H,36,37). The van der Waals surface area contributed by atoms with Crippen molar-refractivity contribution in [3.63, 3.8) is 0 Å². The first-order valence-corrected chi connectivity index (χ1v) is 13.4. The predicted octanol–water partition coefficient (Wildman–Crippen LogP) is 5.63. The molecule has 9 heteroatoms. The maximum absolute atomic E-state index is 11.6. The molecule has 0 saturated heterocycles. The third kappa shape index (κ3) is 6.95. The summed E-state index contributed by atoms with van der Waals surface area (Å²) >= 11 is 0. The molecule has 2 aromatic carbocycles. The average Bonchev–Trinajstić information content (AvgIpc) is 3.28. The minimum absolute atomic E-state index is 0.0333. The molecule has 1 aliphatic heterocycles. The third-order valence-corrected chi connectivity index (χ3v) is 6.89. The predicted molar refractivity (Wildman–Crippen MR) is 149 cm³/mol. The molecule has 0 fully saturated rings. The lowest BCUT2D eigenvalue weighted by molar-refractivity contribution is 0.0967. The van der Waals surface area contributed by atoms with Crippen LogP contribution in [0.2, 0.25) is 0 Å². The van der Waals surface area contributed by atoms with Crippen molar-refractivity contribution in [1.82, 2.24) is 19.9 Å². The Balaban J connectivity index is 1.41. The highest BCUT2D eigenvalue weighted by atomic mass is 16.5. The van der Waals surface area contributed by atoms with Gasteiger partial charge in [-0.05, 0) is 95.8 Å². The number of fused-ring (bicyclic) bond motifs is 1. The summed E-state index contributed by atoms with van der Waals surface area (Å²) < 4.78 is 11.3. The van der Waals surface area contributed by atoms with Crippen LogP contribution >= 0.6 is 0 Å². The van der Waals surface area contributed by atoms with Gasteiger partial charge in [0.1, 0.15) is 11.8 Å². The van der Waals surface area contributed by atoms with Gasteiger partial charge in [0, 0.05) is 36.3 Å². The van der Waals surface area contributed by atoms with E-state index in [1.807, 2.05) is 46.8 Å². The summed E-state index contributed by atoms with van der Waals surface area (Å²) in [6.45, 7) is 12.9. The van der Waals surface area contributed by atoms with Crippen molar-refractivity contribution >= 4 is 6.09 Å². The van der Waals surface area contributed by atoms with E-state index in [-0.39, 0.29) is 6.10 Å². The quantitative estimate of drug-likeness (QED) is 0.397. The molecule has 1 N–H and O–H groups in total. The molecule has 0 spiro atoms. The number of aromatic nitrogens is 2. The van der Waals surface area contributed by atoms with E-state index in [1.165, 1.54) is 16.0 Å². The van der Waals surface area contributed by atoms with Gasteiger partial charge in [-0.25, -0.2) is 4.79 Å². The maximum Gasteiger partial charge on any atom is 0.407 e. The van der Waals surface area contributed by atoms with E-state index in [4.69, 9.17) is 9.26 Å². The monoisotopic (exact) mass is 531 g/mol. The van der Waals surface area contributed by atoms with Crippen LogP contribution in [0.3, 0.4) is 0 Å². The van der Waals surface area contributed by atoms with Gasteiger partial charge in [-0.15, -0.1) is 0 Å². The molecule has 9 nitrogen and oxygen atoms in total. The summed E-state index contributed by atoms with van der Waals surface area (Å²) in [6.07, 6.45) is 1.74. The smallest absolute Gasteiger partial charge is 0.407 e. The summed E-state index contributed by atoms with van der Waals surface area (Å²) in [7, 11) is 0. The normalized spacial score (nSPS) is 14.0. The van der Waals surface area contributed by atoms with E-state index in [2.05, 4.69) is 33.2 Å². The second-order valence-corrected chi connectivity index (χ2v) is 11.2. The molecule has 0 atom stereocenters. The fourth-order valence-corrected chi connectivity index (χ4v) is 4.87. The number of carbonyl (C=O) groups is 1. The van der Waals surface area contributed by atoms with Crippen LogP contribution in [0.25, 0.3) is 22.8 Å². The molecule has 206 valence electrons. The second kappa shape index (κ2) is 11.9. The second-order valence-electron chi connectivity index (χ2n) is 11.2. The van der Waals surface area contributed by atoms with E-state index in [0.29, 0.717) is 35.1 Å². The van der Waals surface area contributed by atoms with Crippen molar-refractivity contribution in [3.8, 4) is 34.7 Å². The van der Waals surface area contributed by atoms with Gasteiger partial charge < -0.3 is 24.2 Å². The molecule has 0 aliphatic carbocycles. The number of amides is 1. The molecule has 1 aliphatic rings. The number of carboxylic acid groups (broad SMARTS) is 1. The first kappa shape index (κ1) is 28.1. The van der Waals surface area contributed by atoms with Crippen LogP contribution in [0.15, 0.2) is 40.9 Å². The van der Waals surface area contributed by atoms with Crippen molar-refractivity contribution in [2.75, 3.05) is 26.2 Å². The van der Waals surface area contributed by atoms with Crippen molar-refractivity contribution in [1.29, 1.82) is 5.26 Å². The number of nitriles is 1. The van der Waals surface area contributed by atoms with Gasteiger partial charge in [-0.2, -0.15) is 10.2 Å². The number of nitrogens with zero attached hydrogens (tertiary/aromatic N) is 5. The number of benzene rings is 2. The minimum Gasteiger partial charge on any atom is -0.490 e. The highest BCUT2D eigenvalue weighted by Crippen LogP contribution is 2.29. The van der Waals surface area contributed by atoms with Crippen LogP contribution in [0.4, 0.5) is 4.79 Å². The molecular weight excluding hydrogens is 494 g/mol. The highest BCUT2D eigenvalue weighted by Gasteiger charge is 2.26. The Morgan fingerprint density at radius 2 is 1.87 bits per heavy atom. The molecule has 0 unspecified atom stereocenters. The van der Waals surface area contributed by atoms with Crippen LogP contribution in [0.5, 0.6) is 5.75 Å². The SMILES string of the molecule is CC(C)Oc1ccc(-c2nc(-c3ccc4c(c3)CCN(CCCN(C(=O)O)C(C)(C)C)CC4)no2)cc1C#N. The Kier molecular flexibility index (Phi) is 8.56. The van der Waals surface area contributed by atoms with Gasteiger partial charge in [0.05, 0.1) is 11.7 Å². The molecule has 3 aromatic rings. The number of ether oxygens (including phenoxy) is 1. The van der Waals surface area contributed by atoms with Gasteiger partial charge >= 0.3 is 6.09 Å². The molecule has 0 radical (unpaired) electrons. The van der Waals surface area contributed by atoms with Crippen LogP contribution < -0.4 is 4.74 Å². The summed E-state index contributed by atoms with van der Waals surface area (Å²) in [5.74, 6) is 1.39. The molecule has 39 heavy (non-hydrogen) atoms. The number of rotatable bonds is 8. The van der Waals surface area contributed by atoms with Gasteiger partial charge in [0.15, 0.2) is 0 Å². The zero-order valence-corrected chi connectivity index (χ0v) is 23.4. The molecule has 2 heterocycles. The van der Waals surface area contributed by atoms with Crippen molar-refractivity contribution in [2.45, 2.75) is 65.5 Å². The maximum atomic E-state index is 11.6. The van der Waals surface area contributed by atoms with Crippen LogP contribution in [0, 0.1) is 11.3 Å². The van der Waals surface area contributed by atoms with Crippen molar-refractivity contribution in [2.24, 2.45) is 0 Å². The Hall–Kier alpha value is -3.90. The fraction of sp³-hybridized carbons (Fsp3) is 0.467. The topological polar surface area (TPSA) is 116 Å². The molecule has 1 amide bonds. The summed E-state index contributed by atoms with van der Waals surface area (Å²) in [5, 5.41) is 23.3.